The van der Waals surface area contributed by atoms with Gasteiger partial charge in [0, 0.05) is 13.6 Å². The van der Waals surface area contributed by atoms with Crippen LogP contribution in [-0.4, -0.2) is 45.3 Å². The van der Waals surface area contributed by atoms with Crippen molar-refractivity contribution in [2.75, 3.05) is 26.0 Å². The SMILES string of the molecule is Cc1nc(NC[C@H](c2ccccc2C)N(C)C)c2cnn(C)c2n1. The number of aromatic nitrogens is 4. The first kappa shape index (κ1) is 16.4. The third kappa shape index (κ3) is 3.10. The average Bonchev–Trinajstić information content (AvgIpc) is 2.90. The summed E-state index contributed by atoms with van der Waals surface area (Å²) >= 11 is 0. The van der Waals surface area contributed by atoms with Crippen LogP contribution in [0.5, 0.6) is 0 Å². The Labute approximate surface area is 142 Å². The first-order valence-electron chi connectivity index (χ1n) is 8.09. The molecule has 0 radical (unpaired) electrons. The van der Waals surface area contributed by atoms with E-state index in [0.29, 0.717) is 0 Å². The van der Waals surface area contributed by atoms with E-state index in [1.165, 1.54) is 11.1 Å². The van der Waals surface area contributed by atoms with Crippen LogP contribution in [0.4, 0.5) is 5.82 Å². The van der Waals surface area contributed by atoms with E-state index in [1.807, 2.05) is 20.2 Å². The number of benzene rings is 1. The summed E-state index contributed by atoms with van der Waals surface area (Å²) in [5.74, 6) is 1.58. The summed E-state index contributed by atoms with van der Waals surface area (Å²) in [7, 11) is 6.10. The number of fused-ring (bicyclic) bond motifs is 1. The zero-order valence-corrected chi connectivity index (χ0v) is 14.9. The Morgan fingerprint density at radius 1 is 1.17 bits per heavy atom. The molecule has 0 aliphatic rings. The fraction of sp³-hybridized carbons (Fsp3) is 0.389. The Hall–Kier alpha value is -2.47. The molecule has 2 heterocycles. The van der Waals surface area contributed by atoms with Gasteiger partial charge in [-0.1, -0.05) is 24.3 Å². The Kier molecular flexibility index (Phi) is 4.49. The highest BCUT2D eigenvalue weighted by Gasteiger charge is 2.17. The van der Waals surface area contributed by atoms with Crippen LogP contribution in [-0.2, 0) is 7.05 Å². The van der Waals surface area contributed by atoms with E-state index in [2.05, 4.69) is 70.6 Å². The first-order valence-corrected chi connectivity index (χ1v) is 8.09. The number of likely N-dealkylation sites (N-methyl/N-ethyl adjacent to an activating group) is 1. The number of anilines is 1. The molecule has 0 saturated carbocycles. The minimum absolute atomic E-state index is 0.258. The van der Waals surface area contributed by atoms with Gasteiger partial charge < -0.3 is 10.2 Å². The van der Waals surface area contributed by atoms with E-state index in [9.17, 15) is 0 Å². The van der Waals surface area contributed by atoms with Gasteiger partial charge >= 0.3 is 0 Å². The number of nitrogens with zero attached hydrogens (tertiary/aromatic N) is 5. The van der Waals surface area contributed by atoms with Gasteiger partial charge in [0.25, 0.3) is 0 Å². The van der Waals surface area contributed by atoms with Crippen molar-refractivity contribution in [1.82, 2.24) is 24.6 Å². The van der Waals surface area contributed by atoms with Gasteiger partial charge in [0.05, 0.1) is 17.6 Å². The van der Waals surface area contributed by atoms with Gasteiger partial charge in [-0.05, 0) is 39.1 Å². The largest absolute Gasteiger partial charge is 0.367 e. The number of hydrogen-bond acceptors (Lipinski definition) is 5. The molecule has 0 bridgehead atoms. The van der Waals surface area contributed by atoms with Gasteiger partial charge in [-0.25, -0.2) is 9.97 Å². The maximum atomic E-state index is 4.57. The molecular weight excluding hydrogens is 300 g/mol. The molecule has 0 spiro atoms. The van der Waals surface area contributed by atoms with Crippen molar-refractivity contribution in [1.29, 1.82) is 0 Å². The molecular formula is C18H24N6. The number of hydrogen-bond donors (Lipinski definition) is 1. The smallest absolute Gasteiger partial charge is 0.163 e. The third-order valence-electron chi connectivity index (χ3n) is 4.34. The molecule has 3 rings (SSSR count). The monoisotopic (exact) mass is 324 g/mol. The fourth-order valence-corrected chi connectivity index (χ4v) is 2.99. The van der Waals surface area contributed by atoms with Gasteiger partial charge in [0.15, 0.2) is 5.65 Å². The lowest BCUT2D eigenvalue weighted by Gasteiger charge is -2.27. The zero-order chi connectivity index (χ0) is 17.3. The summed E-state index contributed by atoms with van der Waals surface area (Å²) in [5, 5.41) is 8.75. The molecule has 0 fully saturated rings. The van der Waals surface area contributed by atoms with Crippen LogP contribution < -0.4 is 5.32 Å². The van der Waals surface area contributed by atoms with Gasteiger partial charge in [0.1, 0.15) is 11.6 Å². The lowest BCUT2D eigenvalue weighted by molar-refractivity contribution is 0.310. The van der Waals surface area contributed by atoms with E-state index in [0.717, 1.165) is 29.2 Å². The van der Waals surface area contributed by atoms with E-state index < -0.39 is 0 Å². The zero-order valence-electron chi connectivity index (χ0n) is 14.9. The second kappa shape index (κ2) is 6.57. The topological polar surface area (TPSA) is 58.9 Å². The predicted octanol–water partition coefficient (Wildman–Crippen LogP) is 2.69. The molecule has 0 amide bonds. The maximum Gasteiger partial charge on any atom is 0.163 e. The van der Waals surface area contributed by atoms with E-state index in [4.69, 9.17) is 0 Å². The summed E-state index contributed by atoms with van der Waals surface area (Å²) in [6.07, 6.45) is 1.82. The van der Waals surface area contributed by atoms with Crippen LogP contribution in [0.1, 0.15) is 23.0 Å². The minimum Gasteiger partial charge on any atom is -0.367 e. The molecule has 1 aromatic carbocycles. The van der Waals surface area contributed by atoms with E-state index >= 15 is 0 Å². The van der Waals surface area contributed by atoms with E-state index in [1.54, 1.807) is 4.68 Å². The standard InChI is InChI=1S/C18H24N6/c1-12-8-6-7-9-14(12)16(23(3)4)11-19-17-15-10-20-24(5)18(15)22-13(2)21-17/h6-10,16H,11H2,1-5H3,(H,19,21,22)/t16-/m1/s1. The average molecular weight is 324 g/mol. The third-order valence-corrected chi connectivity index (χ3v) is 4.34. The van der Waals surface area contributed by atoms with Crippen LogP contribution in [0.2, 0.25) is 0 Å². The van der Waals surface area contributed by atoms with Crippen molar-refractivity contribution in [3.8, 4) is 0 Å². The predicted molar refractivity (Wildman–Crippen MR) is 97.1 cm³/mol. The number of rotatable bonds is 5. The molecule has 1 N–H and O–H groups in total. The second-order valence-corrected chi connectivity index (χ2v) is 6.34. The Bertz CT molecular complexity index is 852. The Balaban J connectivity index is 1.90. The van der Waals surface area contributed by atoms with Gasteiger partial charge in [-0.15, -0.1) is 0 Å². The molecule has 1 atom stereocenters. The second-order valence-electron chi connectivity index (χ2n) is 6.34. The van der Waals surface area contributed by atoms with Crippen LogP contribution >= 0.6 is 0 Å². The number of aryl methyl sites for hydroxylation is 3. The van der Waals surface area contributed by atoms with Crippen LogP contribution in [0.15, 0.2) is 30.5 Å². The summed E-state index contributed by atoms with van der Waals surface area (Å²) in [5.41, 5.74) is 3.47. The number of nitrogens with one attached hydrogen (secondary N) is 1. The Morgan fingerprint density at radius 2 is 1.92 bits per heavy atom. The summed E-state index contributed by atoms with van der Waals surface area (Å²) in [6.45, 7) is 4.82. The summed E-state index contributed by atoms with van der Waals surface area (Å²) in [6, 6.07) is 8.76. The van der Waals surface area contributed by atoms with Crippen LogP contribution in [0, 0.1) is 13.8 Å². The normalized spacial score (nSPS) is 12.8. The molecule has 3 aromatic rings. The first-order chi connectivity index (χ1) is 11.5. The van der Waals surface area contributed by atoms with Gasteiger partial charge in [-0.3, -0.25) is 4.68 Å². The van der Waals surface area contributed by atoms with Gasteiger partial charge in [-0.2, -0.15) is 5.10 Å². The maximum absolute atomic E-state index is 4.57. The quantitative estimate of drug-likeness (QED) is 0.782. The molecule has 6 heteroatoms. The highest BCUT2D eigenvalue weighted by atomic mass is 15.3. The summed E-state index contributed by atoms with van der Waals surface area (Å²) < 4.78 is 1.78. The highest BCUT2D eigenvalue weighted by molar-refractivity contribution is 5.86. The van der Waals surface area contributed by atoms with Crippen molar-refractivity contribution in [2.45, 2.75) is 19.9 Å². The Morgan fingerprint density at radius 3 is 2.62 bits per heavy atom. The molecule has 0 saturated heterocycles. The van der Waals surface area contributed by atoms with Crippen LogP contribution in [0.25, 0.3) is 11.0 Å². The molecule has 126 valence electrons. The molecule has 0 aliphatic heterocycles. The molecule has 0 aliphatic carbocycles. The molecule has 24 heavy (non-hydrogen) atoms. The molecule has 0 unspecified atom stereocenters. The van der Waals surface area contributed by atoms with Crippen molar-refractivity contribution in [3.05, 3.63) is 47.4 Å². The minimum atomic E-state index is 0.258. The van der Waals surface area contributed by atoms with Crippen molar-refractivity contribution in [2.24, 2.45) is 7.05 Å². The fourth-order valence-electron chi connectivity index (χ4n) is 2.99. The van der Waals surface area contributed by atoms with Crippen molar-refractivity contribution >= 4 is 16.9 Å². The lowest BCUT2D eigenvalue weighted by atomic mass is 10.0. The lowest BCUT2D eigenvalue weighted by Crippen LogP contribution is -2.27. The van der Waals surface area contributed by atoms with Crippen LogP contribution in [0.3, 0.4) is 0 Å². The molecule has 6 nitrogen and oxygen atoms in total. The van der Waals surface area contributed by atoms with Crippen molar-refractivity contribution in [3.63, 3.8) is 0 Å². The van der Waals surface area contributed by atoms with Crippen molar-refractivity contribution < 1.29 is 0 Å². The van der Waals surface area contributed by atoms with E-state index in [-0.39, 0.29) is 6.04 Å². The summed E-state index contributed by atoms with van der Waals surface area (Å²) in [4.78, 5) is 11.3. The van der Waals surface area contributed by atoms with Gasteiger partial charge in [0.2, 0.25) is 0 Å². The highest BCUT2D eigenvalue weighted by Crippen LogP contribution is 2.24. The molecule has 2 aromatic heterocycles.